The third-order valence-electron chi connectivity index (χ3n) is 3.20. The predicted molar refractivity (Wildman–Crippen MR) is 69.5 cm³/mol. The first-order valence-corrected chi connectivity index (χ1v) is 6.24. The van der Waals surface area contributed by atoms with E-state index in [0.29, 0.717) is 0 Å². The van der Waals surface area contributed by atoms with Crippen LogP contribution in [-0.4, -0.2) is 22.4 Å². The number of hydrogen-bond donors (Lipinski definition) is 1. The van der Waals surface area contributed by atoms with Crippen molar-refractivity contribution in [3.05, 3.63) is 35.7 Å². The Morgan fingerprint density at radius 3 is 2.78 bits per heavy atom. The van der Waals surface area contributed by atoms with Crippen molar-refractivity contribution in [3.8, 4) is 0 Å². The Labute approximate surface area is 107 Å². The minimum absolute atomic E-state index is 0.00729. The van der Waals surface area contributed by atoms with Crippen molar-refractivity contribution >= 4 is 11.8 Å². The van der Waals surface area contributed by atoms with Crippen LogP contribution in [0.3, 0.4) is 0 Å². The lowest BCUT2D eigenvalue weighted by molar-refractivity contribution is -0.119. The third kappa shape index (κ3) is 2.70. The monoisotopic (exact) mass is 246 g/mol. The van der Waals surface area contributed by atoms with Crippen LogP contribution in [0.2, 0.25) is 0 Å². The highest BCUT2D eigenvalue weighted by atomic mass is 16.2. The number of rotatable bonds is 2. The summed E-state index contributed by atoms with van der Waals surface area (Å²) >= 11 is 0. The van der Waals surface area contributed by atoms with Gasteiger partial charge in [-0.15, -0.1) is 0 Å². The standard InChI is InChI=1S/C14H18N2O2/c1-3-4-14(18)16-8-11-5-6-13(15-10(2)17)7-12(11)9-16/h3-4,8-9,13H,5-7H2,1-2H3,(H,15,17)/b4-3+. The Balaban J connectivity index is 2.13. The van der Waals surface area contributed by atoms with Crippen LogP contribution < -0.4 is 5.32 Å². The molecule has 0 fully saturated rings. The van der Waals surface area contributed by atoms with Crippen molar-refractivity contribution in [1.82, 2.24) is 9.88 Å². The molecule has 1 heterocycles. The molecule has 1 amide bonds. The topological polar surface area (TPSA) is 51.1 Å². The summed E-state index contributed by atoms with van der Waals surface area (Å²) in [5.74, 6) is -0.0177. The van der Waals surface area contributed by atoms with E-state index >= 15 is 0 Å². The third-order valence-corrected chi connectivity index (χ3v) is 3.20. The van der Waals surface area contributed by atoms with E-state index in [9.17, 15) is 9.59 Å². The Morgan fingerprint density at radius 1 is 1.39 bits per heavy atom. The highest BCUT2D eigenvalue weighted by Crippen LogP contribution is 2.22. The van der Waals surface area contributed by atoms with Crippen LogP contribution in [0.25, 0.3) is 0 Å². The molecule has 4 heteroatoms. The van der Waals surface area contributed by atoms with E-state index in [1.54, 1.807) is 16.7 Å². The molecule has 1 aromatic heterocycles. The number of allylic oxidation sites excluding steroid dienone is 2. The van der Waals surface area contributed by atoms with Gasteiger partial charge in [-0.2, -0.15) is 0 Å². The van der Waals surface area contributed by atoms with E-state index in [0.717, 1.165) is 24.8 Å². The zero-order chi connectivity index (χ0) is 13.1. The Kier molecular flexibility index (Phi) is 3.65. The summed E-state index contributed by atoms with van der Waals surface area (Å²) in [4.78, 5) is 22.8. The first kappa shape index (κ1) is 12.6. The molecule has 1 unspecified atom stereocenters. The molecule has 0 bridgehead atoms. The number of carbonyl (C=O) groups excluding carboxylic acids is 2. The van der Waals surface area contributed by atoms with Gasteiger partial charge < -0.3 is 5.32 Å². The molecule has 1 N–H and O–H groups in total. The van der Waals surface area contributed by atoms with E-state index in [-0.39, 0.29) is 17.9 Å². The van der Waals surface area contributed by atoms with Crippen LogP contribution >= 0.6 is 0 Å². The second-order valence-electron chi connectivity index (χ2n) is 4.69. The molecule has 0 radical (unpaired) electrons. The van der Waals surface area contributed by atoms with Gasteiger partial charge in [0.25, 0.3) is 5.91 Å². The summed E-state index contributed by atoms with van der Waals surface area (Å²) in [6.07, 6.45) is 9.74. The maximum Gasteiger partial charge on any atom is 0.254 e. The number of aromatic nitrogens is 1. The quantitative estimate of drug-likeness (QED) is 0.807. The molecule has 0 saturated heterocycles. The molecule has 0 saturated carbocycles. The maximum absolute atomic E-state index is 11.7. The fourth-order valence-corrected chi connectivity index (χ4v) is 2.41. The Bertz CT molecular complexity index is 500. The molecule has 2 rings (SSSR count). The second-order valence-corrected chi connectivity index (χ2v) is 4.69. The van der Waals surface area contributed by atoms with Crippen LogP contribution in [0.15, 0.2) is 24.5 Å². The normalized spacial score (nSPS) is 18.7. The Morgan fingerprint density at radius 2 is 2.11 bits per heavy atom. The summed E-state index contributed by atoms with van der Waals surface area (Å²) in [5.41, 5.74) is 2.38. The summed E-state index contributed by atoms with van der Waals surface area (Å²) in [6, 6.07) is 0.197. The highest BCUT2D eigenvalue weighted by Gasteiger charge is 2.21. The van der Waals surface area contributed by atoms with Gasteiger partial charge in [0.15, 0.2) is 0 Å². The zero-order valence-electron chi connectivity index (χ0n) is 10.8. The van der Waals surface area contributed by atoms with Crippen molar-refractivity contribution in [2.24, 2.45) is 0 Å². The van der Waals surface area contributed by atoms with Gasteiger partial charge in [0.05, 0.1) is 0 Å². The van der Waals surface area contributed by atoms with Crippen LogP contribution in [0, 0.1) is 0 Å². The molecule has 0 aromatic carbocycles. The SMILES string of the molecule is C/C=C/C(=O)n1cc2c(c1)CC(NC(C)=O)CC2. The number of hydrogen-bond acceptors (Lipinski definition) is 2. The average molecular weight is 246 g/mol. The number of nitrogens with zero attached hydrogens (tertiary/aromatic N) is 1. The van der Waals surface area contributed by atoms with Gasteiger partial charge in [0, 0.05) is 25.4 Å². The lowest BCUT2D eigenvalue weighted by atomic mass is 9.91. The highest BCUT2D eigenvalue weighted by molar-refractivity contribution is 5.90. The number of carbonyl (C=O) groups is 2. The summed E-state index contributed by atoms with van der Waals surface area (Å²) in [7, 11) is 0. The van der Waals surface area contributed by atoms with E-state index in [1.807, 2.05) is 19.3 Å². The van der Waals surface area contributed by atoms with Gasteiger partial charge in [-0.3, -0.25) is 14.2 Å². The average Bonchev–Trinajstić information content (AvgIpc) is 2.71. The molecule has 1 aromatic rings. The molecule has 1 aliphatic carbocycles. The molecule has 96 valence electrons. The maximum atomic E-state index is 11.7. The van der Waals surface area contributed by atoms with Crippen molar-refractivity contribution in [1.29, 1.82) is 0 Å². The van der Waals surface area contributed by atoms with Crippen molar-refractivity contribution in [2.45, 2.75) is 39.2 Å². The van der Waals surface area contributed by atoms with Gasteiger partial charge in [0.1, 0.15) is 0 Å². The molecular weight excluding hydrogens is 228 g/mol. The molecule has 0 aliphatic heterocycles. The fourth-order valence-electron chi connectivity index (χ4n) is 2.41. The molecule has 0 spiro atoms. The van der Waals surface area contributed by atoms with E-state index in [4.69, 9.17) is 0 Å². The van der Waals surface area contributed by atoms with Gasteiger partial charge in [-0.25, -0.2) is 0 Å². The summed E-state index contributed by atoms with van der Waals surface area (Å²) in [5, 5.41) is 2.94. The van der Waals surface area contributed by atoms with E-state index < -0.39 is 0 Å². The summed E-state index contributed by atoms with van der Waals surface area (Å²) < 4.78 is 1.63. The van der Waals surface area contributed by atoms with Crippen LogP contribution in [0.4, 0.5) is 0 Å². The zero-order valence-corrected chi connectivity index (χ0v) is 10.8. The molecule has 1 aliphatic rings. The largest absolute Gasteiger partial charge is 0.353 e. The first-order valence-electron chi connectivity index (χ1n) is 6.24. The second kappa shape index (κ2) is 5.21. The van der Waals surface area contributed by atoms with E-state index in [1.165, 1.54) is 12.5 Å². The first-order chi connectivity index (χ1) is 8.60. The fraction of sp³-hybridized carbons (Fsp3) is 0.429. The summed E-state index contributed by atoms with van der Waals surface area (Å²) in [6.45, 7) is 3.37. The van der Waals surface area contributed by atoms with E-state index in [2.05, 4.69) is 5.32 Å². The minimum atomic E-state index is -0.0250. The smallest absolute Gasteiger partial charge is 0.254 e. The lowest BCUT2D eigenvalue weighted by Crippen LogP contribution is -2.37. The number of amides is 1. The molecular formula is C14H18N2O2. The van der Waals surface area contributed by atoms with Crippen LogP contribution in [0.1, 0.15) is 36.2 Å². The lowest BCUT2D eigenvalue weighted by Gasteiger charge is -2.22. The number of nitrogens with one attached hydrogen (secondary N) is 1. The number of aryl methyl sites for hydroxylation is 1. The Hall–Kier alpha value is -1.84. The van der Waals surface area contributed by atoms with Gasteiger partial charge in [0.2, 0.25) is 5.91 Å². The van der Waals surface area contributed by atoms with Crippen LogP contribution in [0.5, 0.6) is 0 Å². The molecule has 4 nitrogen and oxygen atoms in total. The van der Waals surface area contributed by atoms with Crippen molar-refractivity contribution in [2.75, 3.05) is 0 Å². The minimum Gasteiger partial charge on any atom is -0.353 e. The van der Waals surface area contributed by atoms with Gasteiger partial charge in [-0.05, 0) is 43.4 Å². The predicted octanol–water partition coefficient (Wildman–Crippen LogP) is 1.70. The number of fused-ring (bicyclic) bond motifs is 1. The molecule has 18 heavy (non-hydrogen) atoms. The molecule has 1 atom stereocenters. The van der Waals surface area contributed by atoms with Gasteiger partial charge in [-0.1, -0.05) is 6.08 Å². The van der Waals surface area contributed by atoms with Crippen LogP contribution in [-0.2, 0) is 17.6 Å². The van der Waals surface area contributed by atoms with Gasteiger partial charge >= 0.3 is 0 Å². The van der Waals surface area contributed by atoms with Crippen molar-refractivity contribution in [3.63, 3.8) is 0 Å². The van der Waals surface area contributed by atoms with Crippen molar-refractivity contribution < 1.29 is 9.59 Å².